The highest BCUT2D eigenvalue weighted by molar-refractivity contribution is 5.94. The van der Waals surface area contributed by atoms with Crippen LogP contribution in [0.4, 0.5) is 18.9 Å². The number of hydrogen-bond acceptors (Lipinski definition) is 3. The molecule has 24 heavy (non-hydrogen) atoms. The zero-order valence-electron chi connectivity index (χ0n) is 12.4. The Morgan fingerprint density at radius 3 is 2.46 bits per heavy atom. The molecule has 0 fully saturated rings. The van der Waals surface area contributed by atoms with Crippen LogP contribution in [0.25, 0.3) is 10.9 Å². The van der Waals surface area contributed by atoms with Gasteiger partial charge in [0, 0.05) is 18.1 Å². The Hall–Kier alpha value is -3.07. The van der Waals surface area contributed by atoms with Crippen LogP contribution in [0.3, 0.4) is 0 Å². The van der Waals surface area contributed by atoms with E-state index in [1.807, 2.05) is 6.07 Å². The Labute approximate surface area is 136 Å². The minimum atomic E-state index is -4.33. The summed E-state index contributed by atoms with van der Waals surface area (Å²) >= 11 is 0. The number of nitrogens with zero attached hydrogens (tertiary/aromatic N) is 2. The highest BCUT2D eigenvalue weighted by Gasteiger charge is 2.29. The van der Waals surface area contributed by atoms with Crippen molar-refractivity contribution < 1.29 is 13.2 Å². The van der Waals surface area contributed by atoms with E-state index < -0.39 is 11.7 Å². The Balaban J connectivity index is 1.83. The van der Waals surface area contributed by atoms with Crippen LogP contribution in [0.5, 0.6) is 0 Å². The summed E-state index contributed by atoms with van der Waals surface area (Å²) in [5, 5.41) is 13.0. The number of fused-ring (bicyclic) bond motifs is 1. The number of nitriles is 1. The van der Waals surface area contributed by atoms with Crippen LogP contribution >= 0.6 is 0 Å². The summed E-state index contributed by atoms with van der Waals surface area (Å²) in [5.41, 5.74) is 1.96. The standard InChI is InChI=1S/C18H12F3N3/c19-18(20,21)14-6-3-12(4-7-14)11-24-16-8-5-13(10-22)15-2-1-9-23-17(15)16/h1-9,24H,11H2. The average Bonchev–Trinajstić information content (AvgIpc) is 2.59. The van der Waals surface area contributed by atoms with E-state index in [-0.39, 0.29) is 0 Å². The van der Waals surface area contributed by atoms with Gasteiger partial charge in [0.2, 0.25) is 0 Å². The van der Waals surface area contributed by atoms with Crippen LogP contribution in [0.2, 0.25) is 0 Å². The van der Waals surface area contributed by atoms with Crippen LogP contribution in [0, 0.1) is 11.3 Å². The third kappa shape index (κ3) is 3.15. The second-order valence-corrected chi connectivity index (χ2v) is 5.22. The molecule has 0 saturated carbocycles. The Bertz CT molecular complexity index is 909. The fourth-order valence-electron chi connectivity index (χ4n) is 2.42. The summed E-state index contributed by atoms with van der Waals surface area (Å²) in [7, 11) is 0. The molecular formula is C18H12F3N3. The molecule has 0 unspecified atom stereocenters. The molecule has 3 rings (SSSR count). The van der Waals surface area contributed by atoms with Gasteiger partial charge in [-0.1, -0.05) is 12.1 Å². The maximum Gasteiger partial charge on any atom is 0.416 e. The number of halogens is 3. The van der Waals surface area contributed by atoms with Crippen molar-refractivity contribution in [2.24, 2.45) is 0 Å². The van der Waals surface area contributed by atoms with Gasteiger partial charge in [0.15, 0.2) is 0 Å². The van der Waals surface area contributed by atoms with Gasteiger partial charge >= 0.3 is 6.18 Å². The quantitative estimate of drug-likeness (QED) is 0.756. The van der Waals surface area contributed by atoms with Crippen LogP contribution in [0.15, 0.2) is 54.7 Å². The third-order valence-electron chi connectivity index (χ3n) is 3.65. The zero-order chi connectivity index (χ0) is 17.2. The van der Waals surface area contributed by atoms with Crippen molar-refractivity contribution in [1.82, 2.24) is 4.98 Å². The summed E-state index contributed by atoms with van der Waals surface area (Å²) < 4.78 is 37.7. The lowest BCUT2D eigenvalue weighted by Gasteiger charge is -2.11. The van der Waals surface area contributed by atoms with Gasteiger partial charge in [0.25, 0.3) is 0 Å². The van der Waals surface area contributed by atoms with Gasteiger partial charge in [-0.15, -0.1) is 0 Å². The van der Waals surface area contributed by atoms with Gasteiger partial charge in [-0.3, -0.25) is 4.98 Å². The molecule has 0 radical (unpaired) electrons. The number of anilines is 1. The van der Waals surface area contributed by atoms with Crippen LogP contribution < -0.4 is 5.32 Å². The second-order valence-electron chi connectivity index (χ2n) is 5.22. The second kappa shape index (κ2) is 6.20. The number of nitrogens with one attached hydrogen (secondary N) is 1. The van der Waals surface area contributed by atoms with Crippen molar-refractivity contribution in [1.29, 1.82) is 5.26 Å². The lowest BCUT2D eigenvalue weighted by atomic mass is 10.1. The van der Waals surface area contributed by atoms with Gasteiger partial charge in [0.05, 0.1) is 28.4 Å². The Morgan fingerprint density at radius 1 is 1.04 bits per heavy atom. The number of benzene rings is 2. The van der Waals surface area contributed by atoms with Crippen LogP contribution in [0.1, 0.15) is 16.7 Å². The molecule has 3 nitrogen and oxygen atoms in total. The van der Waals surface area contributed by atoms with Crippen molar-refractivity contribution >= 4 is 16.6 Å². The van der Waals surface area contributed by atoms with E-state index in [2.05, 4.69) is 16.4 Å². The van der Waals surface area contributed by atoms with Gasteiger partial charge in [0.1, 0.15) is 0 Å². The van der Waals surface area contributed by atoms with Gasteiger partial charge in [-0.05, 0) is 42.0 Å². The number of pyridine rings is 1. The largest absolute Gasteiger partial charge is 0.416 e. The van der Waals surface area contributed by atoms with Gasteiger partial charge < -0.3 is 5.32 Å². The maximum atomic E-state index is 12.6. The predicted molar refractivity (Wildman–Crippen MR) is 85.2 cm³/mol. The zero-order valence-corrected chi connectivity index (χ0v) is 12.4. The number of hydrogen-bond donors (Lipinski definition) is 1. The van der Waals surface area contributed by atoms with Crippen LogP contribution in [-0.2, 0) is 12.7 Å². The minimum Gasteiger partial charge on any atom is -0.379 e. The molecule has 6 heteroatoms. The monoisotopic (exact) mass is 327 g/mol. The van der Waals surface area contributed by atoms with E-state index in [9.17, 15) is 13.2 Å². The third-order valence-corrected chi connectivity index (χ3v) is 3.65. The van der Waals surface area contributed by atoms with E-state index in [0.717, 1.165) is 28.8 Å². The highest BCUT2D eigenvalue weighted by Crippen LogP contribution is 2.29. The normalized spacial score (nSPS) is 11.2. The summed E-state index contributed by atoms with van der Waals surface area (Å²) in [6, 6.07) is 14.1. The smallest absolute Gasteiger partial charge is 0.379 e. The summed E-state index contributed by atoms with van der Waals surface area (Å²) in [6.45, 7) is 0.357. The SMILES string of the molecule is N#Cc1ccc(NCc2ccc(C(F)(F)F)cc2)c2ncccc12. The highest BCUT2D eigenvalue weighted by atomic mass is 19.4. The number of alkyl halides is 3. The van der Waals surface area contributed by atoms with Gasteiger partial charge in [-0.25, -0.2) is 0 Å². The first-order valence-corrected chi connectivity index (χ1v) is 7.17. The molecule has 120 valence electrons. The summed E-state index contributed by atoms with van der Waals surface area (Å²) in [6.07, 6.45) is -2.70. The maximum absolute atomic E-state index is 12.6. The fraction of sp³-hybridized carbons (Fsp3) is 0.111. The Morgan fingerprint density at radius 2 is 1.79 bits per heavy atom. The van der Waals surface area contributed by atoms with Gasteiger partial charge in [-0.2, -0.15) is 18.4 Å². The van der Waals surface area contributed by atoms with E-state index in [0.29, 0.717) is 17.6 Å². The molecule has 3 aromatic rings. The molecule has 0 bridgehead atoms. The molecule has 0 aliphatic rings. The molecule has 0 aliphatic carbocycles. The molecule has 1 heterocycles. The van der Waals surface area contributed by atoms with Crippen molar-refractivity contribution in [2.75, 3.05) is 5.32 Å². The summed E-state index contributed by atoms with van der Waals surface area (Å²) in [5.74, 6) is 0. The van der Waals surface area contributed by atoms with E-state index >= 15 is 0 Å². The molecule has 0 atom stereocenters. The van der Waals surface area contributed by atoms with Crippen LogP contribution in [-0.4, -0.2) is 4.98 Å². The molecular weight excluding hydrogens is 315 g/mol. The average molecular weight is 327 g/mol. The molecule has 0 spiro atoms. The van der Waals surface area contributed by atoms with Crippen molar-refractivity contribution in [3.8, 4) is 6.07 Å². The van der Waals surface area contributed by atoms with E-state index in [4.69, 9.17) is 5.26 Å². The Kier molecular flexibility index (Phi) is 4.09. The van der Waals surface area contributed by atoms with Crippen molar-refractivity contribution in [3.05, 3.63) is 71.4 Å². The minimum absolute atomic E-state index is 0.357. The van der Waals surface area contributed by atoms with Crippen molar-refractivity contribution in [2.45, 2.75) is 12.7 Å². The lowest BCUT2D eigenvalue weighted by molar-refractivity contribution is -0.137. The summed E-state index contributed by atoms with van der Waals surface area (Å²) in [4.78, 5) is 4.29. The first-order valence-electron chi connectivity index (χ1n) is 7.17. The molecule has 2 aromatic carbocycles. The predicted octanol–water partition coefficient (Wildman–Crippen LogP) is 4.74. The first kappa shape index (κ1) is 15.8. The first-order chi connectivity index (χ1) is 11.5. The van der Waals surface area contributed by atoms with Crippen molar-refractivity contribution in [3.63, 3.8) is 0 Å². The molecule has 1 N–H and O–H groups in total. The topological polar surface area (TPSA) is 48.7 Å². The molecule has 0 amide bonds. The fourth-order valence-corrected chi connectivity index (χ4v) is 2.42. The number of aromatic nitrogens is 1. The lowest BCUT2D eigenvalue weighted by Crippen LogP contribution is -2.06. The molecule has 1 aromatic heterocycles. The van der Waals surface area contributed by atoms with E-state index in [1.54, 1.807) is 24.4 Å². The molecule has 0 saturated heterocycles. The number of rotatable bonds is 3. The molecule has 0 aliphatic heterocycles. The van der Waals surface area contributed by atoms with E-state index in [1.165, 1.54) is 12.1 Å².